The van der Waals surface area contributed by atoms with Gasteiger partial charge in [-0.25, -0.2) is 9.59 Å². The molecule has 2 aliphatic heterocycles. The summed E-state index contributed by atoms with van der Waals surface area (Å²) in [5, 5.41) is 11.2. The second-order valence-electron chi connectivity index (χ2n) is 12.0. The Morgan fingerprint density at radius 2 is 0.907 bits per heavy atom. The molecule has 0 radical (unpaired) electrons. The topological polar surface area (TPSA) is 232 Å². The fraction of sp³-hybridized carbons (Fsp3) is 0.472. The van der Waals surface area contributed by atoms with E-state index in [4.69, 9.17) is 47.4 Å². The van der Waals surface area contributed by atoms with Gasteiger partial charge in [-0.3, -0.25) is 24.0 Å². The summed E-state index contributed by atoms with van der Waals surface area (Å²) < 4.78 is 56.4. The van der Waals surface area contributed by atoms with Crippen LogP contribution in [0, 0.1) is 0 Å². The molecule has 1 N–H and O–H groups in total. The van der Waals surface area contributed by atoms with E-state index in [2.05, 4.69) is 0 Å². The Hall–Kier alpha value is -5.43. The van der Waals surface area contributed by atoms with Crippen molar-refractivity contribution in [2.24, 2.45) is 0 Å². The molecule has 0 bridgehead atoms. The van der Waals surface area contributed by atoms with E-state index >= 15 is 0 Å². The number of carbonyl (C=O) groups excluding carboxylic acids is 7. The van der Waals surface area contributed by atoms with Gasteiger partial charge in [0.2, 0.25) is 0 Å². The molecule has 2 aliphatic rings. The van der Waals surface area contributed by atoms with Crippen LogP contribution < -0.4 is 0 Å². The van der Waals surface area contributed by atoms with E-state index in [0.29, 0.717) is 0 Å². The van der Waals surface area contributed by atoms with Gasteiger partial charge in [-0.1, -0.05) is 36.4 Å². The van der Waals surface area contributed by atoms with E-state index in [1.54, 1.807) is 36.4 Å². The molecular formula is C36H40O18. The van der Waals surface area contributed by atoms with E-state index in [1.807, 2.05) is 0 Å². The van der Waals surface area contributed by atoms with Crippen LogP contribution in [0.4, 0.5) is 0 Å². The molecule has 54 heavy (non-hydrogen) atoms. The molecule has 292 valence electrons. The van der Waals surface area contributed by atoms with Crippen LogP contribution in [-0.4, -0.2) is 122 Å². The molecule has 2 aromatic rings. The van der Waals surface area contributed by atoms with Gasteiger partial charge < -0.3 is 52.5 Å². The van der Waals surface area contributed by atoms with Crippen molar-refractivity contribution in [1.29, 1.82) is 0 Å². The summed E-state index contributed by atoms with van der Waals surface area (Å²) in [5.41, 5.74) is 0.0890. The molecule has 0 spiro atoms. The number of hydrogen-bond acceptors (Lipinski definition) is 18. The number of aliphatic hydroxyl groups is 1. The largest absolute Gasteiger partial charge is 0.463 e. The van der Waals surface area contributed by atoms with Crippen LogP contribution in [0.15, 0.2) is 60.7 Å². The first-order valence-electron chi connectivity index (χ1n) is 16.6. The smallest absolute Gasteiger partial charge is 0.338 e. The normalized spacial score (nSPS) is 27.7. The summed E-state index contributed by atoms with van der Waals surface area (Å²) in [4.78, 5) is 87.7. The summed E-state index contributed by atoms with van der Waals surface area (Å²) in [6.07, 6.45) is -17.1. The zero-order chi connectivity index (χ0) is 39.5. The summed E-state index contributed by atoms with van der Waals surface area (Å²) in [6, 6.07) is 15.2. The minimum absolute atomic E-state index is 0.0363. The highest BCUT2D eigenvalue weighted by atomic mass is 16.8. The van der Waals surface area contributed by atoms with E-state index in [9.17, 15) is 38.7 Å². The third-order valence-electron chi connectivity index (χ3n) is 7.80. The Bertz CT molecular complexity index is 1650. The van der Waals surface area contributed by atoms with Gasteiger partial charge in [-0.05, 0) is 24.3 Å². The molecule has 18 heteroatoms. The van der Waals surface area contributed by atoms with Gasteiger partial charge in [0.25, 0.3) is 0 Å². The molecule has 0 aromatic heterocycles. The molecule has 10 atom stereocenters. The molecule has 2 heterocycles. The van der Waals surface area contributed by atoms with Crippen LogP contribution in [0.25, 0.3) is 0 Å². The van der Waals surface area contributed by atoms with E-state index in [-0.39, 0.29) is 11.1 Å². The van der Waals surface area contributed by atoms with Crippen molar-refractivity contribution in [2.45, 2.75) is 96.0 Å². The highest BCUT2D eigenvalue weighted by Crippen LogP contribution is 2.35. The van der Waals surface area contributed by atoms with Crippen molar-refractivity contribution in [3.05, 3.63) is 71.8 Å². The van der Waals surface area contributed by atoms with Gasteiger partial charge in [0.05, 0.1) is 11.1 Å². The predicted octanol–water partition coefficient (Wildman–Crippen LogP) is 1.19. The first-order valence-corrected chi connectivity index (χ1v) is 16.6. The van der Waals surface area contributed by atoms with Crippen molar-refractivity contribution in [1.82, 2.24) is 0 Å². The maximum atomic E-state index is 13.6. The quantitative estimate of drug-likeness (QED) is 0.223. The Morgan fingerprint density at radius 1 is 0.500 bits per heavy atom. The van der Waals surface area contributed by atoms with Gasteiger partial charge in [-0.2, -0.15) is 0 Å². The molecule has 2 fully saturated rings. The summed E-state index contributed by atoms with van der Waals surface area (Å²) in [6.45, 7) is 4.03. The van der Waals surface area contributed by atoms with Crippen LogP contribution in [0.5, 0.6) is 0 Å². The molecule has 0 unspecified atom stereocenters. The third kappa shape index (κ3) is 11.3. The Labute approximate surface area is 308 Å². The van der Waals surface area contributed by atoms with Crippen molar-refractivity contribution in [3.63, 3.8) is 0 Å². The number of esters is 7. The molecule has 2 aromatic carbocycles. The molecule has 0 saturated carbocycles. The van der Waals surface area contributed by atoms with Gasteiger partial charge in [0.15, 0.2) is 43.1 Å². The number of benzene rings is 2. The van der Waals surface area contributed by atoms with E-state index < -0.39 is 116 Å². The molecule has 2 saturated heterocycles. The standard InChI is InChI=1S/C36H40O18/c1-18(37)45-16-25-28(54-36-32(49-22(5)41)30(48-21(4)40)27(47-20(3)39)26(51-36)17-46-19(2)38)29(52-33(42)23-12-8-6-9-13-23)31(35(44)50-25)53-34(43)24-14-10-7-11-15-24/h6-15,25-32,35-36,44H,16-17H2,1-5H3/t25-,26-,27+,28+,29+,30+,31-,32-,35-,36-/m1/s1. The lowest BCUT2D eigenvalue weighted by Crippen LogP contribution is -2.67. The van der Waals surface area contributed by atoms with Crippen LogP contribution in [0.1, 0.15) is 55.3 Å². The van der Waals surface area contributed by atoms with Gasteiger partial charge in [-0.15, -0.1) is 0 Å². The molecule has 4 rings (SSSR count). The minimum Gasteiger partial charge on any atom is -0.463 e. The predicted molar refractivity (Wildman–Crippen MR) is 176 cm³/mol. The van der Waals surface area contributed by atoms with Crippen LogP contribution in [0.2, 0.25) is 0 Å². The molecular weight excluding hydrogens is 720 g/mol. The SMILES string of the molecule is CC(=O)OC[C@H]1O[C@@H](O)[C@H](OC(=O)c2ccccc2)[C@@H](OC(=O)c2ccccc2)[C@H]1O[C@H]1O[C@H](COC(C)=O)[C@H](OC(C)=O)[C@H](OC(C)=O)[C@H]1OC(C)=O. The molecule has 0 amide bonds. The number of hydrogen-bond donors (Lipinski definition) is 1. The number of ether oxygens (including phenoxy) is 10. The number of carbonyl (C=O) groups is 7. The van der Waals surface area contributed by atoms with E-state index in [0.717, 1.165) is 34.6 Å². The van der Waals surface area contributed by atoms with Crippen molar-refractivity contribution < 1.29 is 86.0 Å². The fourth-order valence-electron chi connectivity index (χ4n) is 5.64. The van der Waals surface area contributed by atoms with Crippen LogP contribution >= 0.6 is 0 Å². The van der Waals surface area contributed by atoms with Crippen molar-refractivity contribution in [2.75, 3.05) is 13.2 Å². The lowest BCUT2D eigenvalue weighted by atomic mass is 9.96. The highest BCUT2D eigenvalue weighted by molar-refractivity contribution is 5.90. The Balaban J connectivity index is 1.84. The van der Waals surface area contributed by atoms with Crippen molar-refractivity contribution >= 4 is 41.8 Å². The molecule has 18 nitrogen and oxygen atoms in total. The van der Waals surface area contributed by atoms with Crippen molar-refractivity contribution in [3.8, 4) is 0 Å². The Kier molecular flexibility index (Phi) is 14.6. The average molecular weight is 761 g/mol. The second kappa shape index (κ2) is 19.1. The lowest BCUT2D eigenvalue weighted by molar-refractivity contribution is -0.355. The van der Waals surface area contributed by atoms with Crippen LogP contribution in [0.3, 0.4) is 0 Å². The van der Waals surface area contributed by atoms with Crippen LogP contribution in [-0.2, 0) is 71.3 Å². The fourth-order valence-corrected chi connectivity index (χ4v) is 5.64. The zero-order valence-corrected chi connectivity index (χ0v) is 29.8. The van der Waals surface area contributed by atoms with Gasteiger partial charge in [0, 0.05) is 34.6 Å². The van der Waals surface area contributed by atoms with E-state index in [1.165, 1.54) is 24.3 Å². The monoisotopic (exact) mass is 760 g/mol. The minimum atomic E-state index is -2.01. The summed E-state index contributed by atoms with van der Waals surface area (Å²) in [5.74, 6) is -6.22. The number of rotatable bonds is 13. The zero-order valence-electron chi connectivity index (χ0n) is 29.8. The highest BCUT2D eigenvalue weighted by Gasteiger charge is 2.57. The van der Waals surface area contributed by atoms with Gasteiger partial charge in [0.1, 0.15) is 31.5 Å². The molecule has 0 aliphatic carbocycles. The second-order valence-corrected chi connectivity index (χ2v) is 12.0. The maximum absolute atomic E-state index is 13.6. The Morgan fingerprint density at radius 3 is 1.37 bits per heavy atom. The first kappa shape index (κ1) is 41.3. The van der Waals surface area contributed by atoms with Gasteiger partial charge >= 0.3 is 41.8 Å². The summed E-state index contributed by atoms with van der Waals surface area (Å²) in [7, 11) is 0. The maximum Gasteiger partial charge on any atom is 0.338 e. The average Bonchev–Trinajstić information content (AvgIpc) is 3.11. The first-order chi connectivity index (χ1) is 25.6. The third-order valence-corrected chi connectivity index (χ3v) is 7.80. The lowest BCUT2D eigenvalue weighted by Gasteiger charge is -2.48. The number of aliphatic hydroxyl groups excluding tert-OH is 1. The summed E-state index contributed by atoms with van der Waals surface area (Å²) >= 11 is 0.